The number of hydrogen-bond acceptors (Lipinski definition) is 3. The molecule has 0 aliphatic rings. The molecule has 5 nitrogen and oxygen atoms in total. The van der Waals surface area contributed by atoms with Crippen molar-refractivity contribution in [2.45, 2.75) is 0 Å². The predicted molar refractivity (Wildman–Crippen MR) is 71.8 cm³/mol. The summed E-state index contributed by atoms with van der Waals surface area (Å²) in [6.45, 7) is 0. The van der Waals surface area contributed by atoms with E-state index in [1.165, 1.54) is 7.11 Å². The van der Waals surface area contributed by atoms with Crippen molar-refractivity contribution in [3.8, 4) is 11.3 Å². The smallest absolute Gasteiger partial charge is 0.354 e. The number of nitrogens with zero attached hydrogens (tertiary/aromatic N) is 2. The van der Waals surface area contributed by atoms with Crippen molar-refractivity contribution in [2.75, 3.05) is 7.11 Å². The zero-order valence-electron chi connectivity index (χ0n) is 10.7. The number of carbonyl (C=O) groups excluding carboxylic acids is 1. The maximum atomic E-state index is 11.5. The molecule has 3 rings (SSSR count). The van der Waals surface area contributed by atoms with E-state index >= 15 is 0 Å². The Balaban J connectivity index is 2.14. The fourth-order valence-corrected chi connectivity index (χ4v) is 2.19. The summed E-state index contributed by atoms with van der Waals surface area (Å²) in [5.41, 5.74) is 4.21. The Labute approximate surface area is 109 Å². The largest absolute Gasteiger partial charge is 0.464 e. The van der Waals surface area contributed by atoms with Gasteiger partial charge in [-0.15, -0.1) is 0 Å². The summed E-state index contributed by atoms with van der Waals surface area (Å²) in [6, 6.07) is 7.48. The molecule has 0 saturated carbocycles. The predicted octanol–water partition coefficient (Wildman–Crippen LogP) is 2.35. The highest BCUT2D eigenvalue weighted by atomic mass is 16.5. The zero-order valence-corrected chi connectivity index (χ0v) is 10.7. The van der Waals surface area contributed by atoms with Crippen molar-refractivity contribution in [3.63, 3.8) is 0 Å². The van der Waals surface area contributed by atoms with Crippen LogP contribution in [-0.2, 0) is 11.8 Å². The van der Waals surface area contributed by atoms with Crippen LogP contribution in [0.25, 0.3) is 22.3 Å². The number of ether oxygens (including phenoxy) is 1. The van der Waals surface area contributed by atoms with Crippen LogP contribution in [0.5, 0.6) is 0 Å². The van der Waals surface area contributed by atoms with E-state index in [2.05, 4.69) is 14.7 Å². The number of aromatic nitrogens is 3. The minimum absolute atomic E-state index is 0.376. The topological polar surface area (TPSA) is 59.9 Å². The lowest BCUT2D eigenvalue weighted by molar-refractivity contribution is 0.0595. The molecule has 0 saturated heterocycles. The third-order valence-electron chi connectivity index (χ3n) is 3.13. The molecule has 0 atom stereocenters. The van der Waals surface area contributed by atoms with Crippen molar-refractivity contribution >= 4 is 17.0 Å². The molecular weight excluding hydrogens is 242 g/mol. The van der Waals surface area contributed by atoms with E-state index in [4.69, 9.17) is 0 Å². The number of esters is 1. The Morgan fingerprint density at radius 1 is 1.37 bits per heavy atom. The van der Waals surface area contributed by atoms with Gasteiger partial charge in [0.25, 0.3) is 0 Å². The summed E-state index contributed by atoms with van der Waals surface area (Å²) < 4.78 is 6.70. The number of nitrogens with one attached hydrogen (secondary N) is 1. The summed E-state index contributed by atoms with van der Waals surface area (Å²) >= 11 is 0. The third-order valence-corrected chi connectivity index (χ3v) is 3.13. The standard InChI is InChI=1S/C14H13N3O2/c1-17-8-9(13-12(17)4-3-7-15-13)10-5-6-11(16-10)14(18)19-2/h3-8,16H,1-2H3. The van der Waals surface area contributed by atoms with Crippen LogP contribution in [0.15, 0.2) is 36.7 Å². The van der Waals surface area contributed by atoms with Gasteiger partial charge >= 0.3 is 5.97 Å². The van der Waals surface area contributed by atoms with Crippen molar-refractivity contribution < 1.29 is 9.53 Å². The number of H-pyrrole nitrogens is 1. The van der Waals surface area contributed by atoms with Gasteiger partial charge in [0, 0.05) is 30.7 Å². The zero-order chi connectivity index (χ0) is 13.4. The normalized spacial score (nSPS) is 10.8. The molecular formula is C14H13N3O2. The van der Waals surface area contributed by atoms with Gasteiger partial charge in [-0.05, 0) is 24.3 Å². The monoisotopic (exact) mass is 255 g/mol. The lowest BCUT2D eigenvalue weighted by atomic mass is 10.2. The van der Waals surface area contributed by atoms with Gasteiger partial charge < -0.3 is 14.3 Å². The molecule has 0 aromatic carbocycles. The summed E-state index contributed by atoms with van der Waals surface area (Å²) in [4.78, 5) is 18.9. The van der Waals surface area contributed by atoms with Crippen molar-refractivity contribution in [3.05, 3.63) is 42.4 Å². The van der Waals surface area contributed by atoms with Gasteiger partial charge in [-0.3, -0.25) is 4.98 Å². The molecule has 3 heterocycles. The van der Waals surface area contributed by atoms with Crippen LogP contribution in [0, 0.1) is 0 Å². The highest BCUT2D eigenvalue weighted by Crippen LogP contribution is 2.27. The Morgan fingerprint density at radius 3 is 3.00 bits per heavy atom. The molecule has 5 heteroatoms. The van der Waals surface area contributed by atoms with Crippen molar-refractivity contribution in [2.24, 2.45) is 7.05 Å². The van der Waals surface area contributed by atoms with Gasteiger partial charge in [0.1, 0.15) is 5.69 Å². The van der Waals surface area contributed by atoms with E-state index in [0.717, 1.165) is 22.3 Å². The SMILES string of the molecule is COC(=O)c1ccc(-c2cn(C)c3cccnc23)[nH]1. The molecule has 0 bridgehead atoms. The average Bonchev–Trinajstić information content (AvgIpc) is 3.04. The molecule has 96 valence electrons. The Bertz CT molecular complexity index is 755. The Morgan fingerprint density at radius 2 is 2.21 bits per heavy atom. The minimum Gasteiger partial charge on any atom is -0.464 e. The van der Waals surface area contributed by atoms with Gasteiger partial charge in [0.15, 0.2) is 0 Å². The third kappa shape index (κ3) is 1.79. The van der Waals surface area contributed by atoms with Gasteiger partial charge in [-0.1, -0.05) is 0 Å². The lowest BCUT2D eigenvalue weighted by Crippen LogP contribution is -2.00. The average molecular weight is 255 g/mol. The number of fused-ring (bicyclic) bond motifs is 1. The van der Waals surface area contributed by atoms with Crippen LogP contribution in [-0.4, -0.2) is 27.6 Å². The maximum absolute atomic E-state index is 11.5. The molecule has 19 heavy (non-hydrogen) atoms. The molecule has 3 aromatic rings. The Hall–Kier alpha value is -2.56. The first-order chi connectivity index (χ1) is 9.20. The molecule has 0 aliphatic heterocycles. The number of carbonyl (C=O) groups is 1. The lowest BCUT2D eigenvalue weighted by Gasteiger charge is -1.96. The molecule has 0 amide bonds. The van der Waals surface area contributed by atoms with Gasteiger partial charge in [-0.25, -0.2) is 4.79 Å². The van der Waals surface area contributed by atoms with Crippen LogP contribution in [0.2, 0.25) is 0 Å². The van der Waals surface area contributed by atoms with Crippen LogP contribution < -0.4 is 0 Å². The van der Waals surface area contributed by atoms with E-state index in [-0.39, 0.29) is 5.97 Å². The first-order valence-electron chi connectivity index (χ1n) is 5.88. The highest BCUT2D eigenvalue weighted by Gasteiger charge is 2.13. The first kappa shape index (κ1) is 11.5. The van der Waals surface area contributed by atoms with Gasteiger partial charge in [0.05, 0.1) is 18.1 Å². The number of aryl methyl sites for hydroxylation is 1. The summed E-state index contributed by atoms with van der Waals surface area (Å²) in [5, 5.41) is 0. The second-order valence-electron chi connectivity index (χ2n) is 4.30. The van der Waals surface area contributed by atoms with E-state index in [9.17, 15) is 4.79 Å². The van der Waals surface area contributed by atoms with Gasteiger partial charge in [0.2, 0.25) is 0 Å². The second kappa shape index (κ2) is 4.28. The number of pyridine rings is 1. The van der Waals surface area contributed by atoms with E-state index in [0.29, 0.717) is 5.69 Å². The summed E-state index contributed by atoms with van der Waals surface area (Å²) in [6.07, 6.45) is 3.75. The quantitative estimate of drug-likeness (QED) is 0.715. The molecule has 0 unspecified atom stereocenters. The highest BCUT2D eigenvalue weighted by molar-refractivity contribution is 5.94. The fourth-order valence-electron chi connectivity index (χ4n) is 2.19. The van der Waals surface area contributed by atoms with E-state index in [1.54, 1.807) is 12.3 Å². The van der Waals surface area contributed by atoms with Crippen LogP contribution >= 0.6 is 0 Å². The number of methoxy groups -OCH3 is 1. The van der Waals surface area contributed by atoms with Crippen LogP contribution in [0.1, 0.15) is 10.5 Å². The summed E-state index contributed by atoms with van der Waals surface area (Å²) in [5.74, 6) is -0.376. The summed E-state index contributed by atoms with van der Waals surface area (Å²) in [7, 11) is 3.33. The maximum Gasteiger partial charge on any atom is 0.354 e. The van der Waals surface area contributed by atoms with Crippen molar-refractivity contribution in [1.82, 2.24) is 14.5 Å². The second-order valence-corrected chi connectivity index (χ2v) is 4.30. The van der Waals surface area contributed by atoms with Crippen LogP contribution in [0.3, 0.4) is 0 Å². The molecule has 0 fully saturated rings. The molecule has 0 spiro atoms. The first-order valence-corrected chi connectivity index (χ1v) is 5.88. The van der Waals surface area contributed by atoms with E-state index < -0.39 is 0 Å². The number of hydrogen-bond donors (Lipinski definition) is 1. The Kier molecular flexibility index (Phi) is 2.59. The molecule has 0 radical (unpaired) electrons. The number of rotatable bonds is 2. The fraction of sp³-hybridized carbons (Fsp3) is 0.143. The molecule has 3 aromatic heterocycles. The minimum atomic E-state index is -0.376. The number of aromatic amines is 1. The molecule has 1 N–H and O–H groups in total. The van der Waals surface area contributed by atoms with E-state index in [1.807, 2.05) is 36.0 Å². The van der Waals surface area contributed by atoms with Gasteiger partial charge in [-0.2, -0.15) is 0 Å². The van der Waals surface area contributed by atoms with Crippen molar-refractivity contribution in [1.29, 1.82) is 0 Å². The van der Waals surface area contributed by atoms with Crippen LogP contribution in [0.4, 0.5) is 0 Å². The molecule has 0 aliphatic carbocycles.